The summed E-state index contributed by atoms with van der Waals surface area (Å²) in [5.41, 5.74) is 2.29. The zero-order valence-corrected chi connectivity index (χ0v) is 23.0. The Labute approximate surface area is 222 Å². The number of amides is 2. The third kappa shape index (κ3) is 7.39. The second kappa shape index (κ2) is 12.2. The van der Waals surface area contributed by atoms with Crippen molar-refractivity contribution in [2.75, 3.05) is 56.5 Å². The molecule has 7 nitrogen and oxygen atoms in total. The molecule has 2 aromatic carbocycles. The molecule has 0 saturated carbocycles. The molecule has 2 N–H and O–H groups in total. The minimum atomic E-state index is -0.663. The molecule has 37 heavy (non-hydrogen) atoms. The number of likely N-dealkylation sites (tertiary alicyclic amines) is 1. The number of carbonyl (C=O) groups is 1. The average Bonchev–Trinajstić information content (AvgIpc) is 2.89. The molecule has 4 rings (SSSR count). The molecule has 2 saturated heterocycles. The predicted octanol–water partition coefficient (Wildman–Crippen LogP) is 5.72. The highest BCUT2D eigenvalue weighted by Crippen LogP contribution is 2.33. The first-order valence-corrected chi connectivity index (χ1v) is 13.9. The number of hydrogen-bond donors (Lipinski definition) is 2. The maximum Gasteiger partial charge on any atom is 0.321 e. The predicted molar refractivity (Wildman–Crippen MR) is 151 cm³/mol. The van der Waals surface area contributed by atoms with Crippen molar-refractivity contribution in [1.29, 1.82) is 0 Å². The number of nitrogens with zero attached hydrogens (tertiary/aromatic N) is 3. The van der Waals surface area contributed by atoms with Gasteiger partial charge in [0.25, 0.3) is 0 Å². The Balaban J connectivity index is 1.46. The van der Waals surface area contributed by atoms with Gasteiger partial charge in [0.2, 0.25) is 0 Å². The van der Waals surface area contributed by atoms with E-state index in [1.54, 1.807) is 0 Å². The van der Waals surface area contributed by atoms with Crippen LogP contribution >= 0.6 is 0 Å². The highest BCUT2D eigenvalue weighted by Gasteiger charge is 2.35. The molecule has 2 amide bonds. The molecule has 2 aliphatic rings. The zero-order chi connectivity index (χ0) is 26.4. The van der Waals surface area contributed by atoms with E-state index < -0.39 is 5.60 Å². The smallest absolute Gasteiger partial charge is 0.321 e. The number of anilines is 2. The molecule has 2 aromatic rings. The number of likely N-dealkylation sites (N-methyl/N-ethyl adjacent to an activating group) is 1. The van der Waals surface area contributed by atoms with E-state index in [2.05, 4.69) is 49.0 Å². The number of hydrogen-bond acceptors (Lipinski definition) is 5. The molecule has 7 heteroatoms. The van der Waals surface area contributed by atoms with E-state index >= 15 is 0 Å². The molecule has 2 fully saturated rings. The Morgan fingerprint density at radius 1 is 0.973 bits per heavy atom. The van der Waals surface area contributed by atoms with Crippen molar-refractivity contribution in [2.24, 2.45) is 5.92 Å². The Hall–Kier alpha value is -2.77. The van der Waals surface area contributed by atoms with Gasteiger partial charge in [-0.1, -0.05) is 44.4 Å². The van der Waals surface area contributed by atoms with Gasteiger partial charge in [-0.2, -0.15) is 0 Å². The topological polar surface area (TPSA) is 68.3 Å². The van der Waals surface area contributed by atoms with Crippen molar-refractivity contribution in [3.63, 3.8) is 0 Å². The first kappa shape index (κ1) is 27.3. The molecular formula is C30H44N4O3. The highest BCUT2D eigenvalue weighted by molar-refractivity contribution is 5.90. The molecular weight excluding hydrogens is 464 g/mol. The summed E-state index contributed by atoms with van der Waals surface area (Å²) >= 11 is 0. The molecule has 0 radical (unpaired) electrons. The zero-order valence-electron chi connectivity index (χ0n) is 23.0. The molecule has 0 bridgehead atoms. The van der Waals surface area contributed by atoms with Crippen molar-refractivity contribution in [3.05, 3.63) is 48.0 Å². The van der Waals surface area contributed by atoms with Gasteiger partial charge < -0.3 is 29.9 Å². The molecule has 2 aliphatic heterocycles. The largest absolute Gasteiger partial charge is 0.457 e. The van der Waals surface area contributed by atoms with Gasteiger partial charge in [0.1, 0.15) is 11.5 Å². The van der Waals surface area contributed by atoms with E-state index in [9.17, 15) is 9.90 Å². The van der Waals surface area contributed by atoms with Gasteiger partial charge in [-0.15, -0.1) is 0 Å². The Morgan fingerprint density at radius 3 is 2.24 bits per heavy atom. The number of carbonyl (C=O) groups excluding carboxylic acids is 1. The van der Waals surface area contributed by atoms with E-state index in [1.807, 2.05) is 41.3 Å². The Kier molecular flexibility index (Phi) is 8.98. The third-order valence-corrected chi connectivity index (χ3v) is 8.07. The fraction of sp³-hybridized carbons (Fsp3) is 0.567. The van der Waals surface area contributed by atoms with Crippen LogP contribution in [0.15, 0.2) is 42.5 Å². The number of aliphatic hydroxyl groups is 1. The van der Waals surface area contributed by atoms with E-state index in [0.29, 0.717) is 37.6 Å². The van der Waals surface area contributed by atoms with Crippen molar-refractivity contribution < 1.29 is 14.6 Å². The van der Waals surface area contributed by atoms with Gasteiger partial charge >= 0.3 is 6.03 Å². The third-order valence-electron chi connectivity index (χ3n) is 8.07. The molecule has 0 unspecified atom stereocenters. The number of urea groups is 1. The normalized spacial score (nSPS) is 18.2. The maximum absolute atomic E-state index is 13.2. The van der Waals surface area contributed by atoms with Crippen LogP contribution in [-0.2, 0) is 0 Å². The van der Waals surface area contributed by atoms with E-state index in [1.165, 1.54) is 5.56 Å². The Bertz CT molecular complexity index is 1020. The van der Waals surface area contributed by atoms with Gasteiger partial charge in [0, 0.05) is 62.8 Å². The summed E-state index contributed by atoms with van der Waals surface area (Å²) in [5, 5.41) is 14.2. The summed E-state index contributed by atoms with van der Waals surface area (Å²) in [6, 6.07) is 13.9. The number of rotatable bonds is 8. The van der Waals surface area contributed by atoms with E-state index in [-0.39, 0.29) is 6.03 Å². The number of piperazine rings is 1. The van der Waals surface area contributed by atoms with Gasteiger partial charge in [0.05, 0.1) is 5.60 Å². The SMILES string of the molecule is CCC(CC)CC1(O)CCN(C(=O)Nc2cc(Oc3ccc(C)cc3)cc(N3CCN(C)CC3)c2)CC1. The van der Waals surface area contributed by atoms with E-state index in [4.69, 9.17) is 4.74 Å². The van der Waals surface area contributed by atoms with Gasteiger partial charge in [-0.25, -0.2) is 4.79 Å². The fourth-order valence-corrected chi connectivity index (χ4v) is 5.35. The molecule has 202 valence electrons. The number of ether oxygens (including phenoxy) is 1. The molecule has 0 aliphatic carbocycles. The minimum absolute atomic E-state index is 0.124. The summed E-state index contributed by atoms with van der Waals surface area (Å²) in [7, 11) is 2.14. The monoisotopic (exact) mass is 508 g/mol. The average molecular weight is 509 g/mol. The summed E-state index contributed by atoms with van der Waals surface area (Å²) in [4.78, 5) is 19.7. The maximum atomic E-state index is 13.2. The van der Waals surface area contributed by atoms with E-state index in [0.717, 1.165) is 62.6 Å². The number of nitrogens with one attached hydrogen (secondary N) is 1. The standard InChI is InChI=1S/C30H44N4O3/c1-5-24(6-2)22-30(36)11-13-34(14-12-30)29(35)31-25-19-26(33-17-15-32(4)16-18-33)21-28(20-25)37-27-9-7-23(3)8-10-27/h7-10,19-21,24,36H,5-6,11-18,22H2,1-4H3,(H,31,35). The minimum Gasteiger partial charge on any atom is -0.457 e. The molecule has 2 heterocycles. The Morgan fingerprint density at radius 2 is 1.62 bits per heavy atom. The lowest BCUT2D eigenvalue weighted by Crippen LogP contribution is -2.48. The second-order valence-electron chi connectivity index (χ2n) is 10.9. The van der Waals surface area contributed by atoms with Crippen LogP contribution in [0.5, 0.6) is 11.5 Å². The van der Waals surface area contributed by atoms with Crippen LogP contribution in [0.3, 0.4) is 0 Å². The molecule has 0 spiro atoms. The van der Waals surface area contributed by atoms with Crippen LogP contribution in [0.1, 0.15) is 51.5 Å². The van der Waals surface area contributed by atoms with Crippen LogP contribution < -0.4 is 15.0 Å². The number of piperidine rings is 1. The summed E-state index contributed by atoms with van der Waals surface area (Å²) < 4.78 is 6.20. The van der Waals surface area contributed by atoms with Crippen LogP contribution in [-0.4, -0.2) is 72.9 Å². The second-order valence-corrected chi connectivity index (χ2v) is 10.9. The number of benzene rings is 2. The quantitative estimate of drug-likeness (QED) is 0.477. The summed E-state index contributed by atoms with van der Waals surface area (Å²) in [5.74, 6) is 2.01. The van der Waals surface area contributed by atoms with Crippen LogP contribution in [0, 0.1) is 12.8 Å². The summed E-state index contributed by atoms with van der Waals surface area (Å²) in [6.07, 6.45) is 4.24. The summed E-state index contributed by atoms with van der Waals surface area (Å²) in [6.45, 7) is 11.4. The fourth-order valence-electron chi connectivity index (χ4n) is 5.35. The first-order chi connectivity index (χ1) is 17.8. The highest BCUT2D eigenvalue weighted by atomic mass is 16.5. The van der Waals surface area contributed by atoms with Crippen molar-refractivity contribution >= 4 is 17.4 Å². The van der Waals surface area contributed by atoms with Crippen molar-refractivity contribution in [3.8, 4) is 11.5 Å². The van der Waals surface area contributed by atoms with Gasteiger partial charge in [-0.05, 0) is 57.4 Å². The lowest BCUT2D eigenvalue weighted by Gasteiger charge is -2.40. The van der Waals surface area contributed by atoms with Crippen LogP contribution in [0.25, 0.3) is 0 Å². The number of aryl methyl sites for hydroxylation is 1. The van der Waals surface area contributed by atoms with Gasteiger partial charge in [0.15, 0.2) is 0 Å². The van der Waals surface area contributed by atoms with Gasteiger partial charge in [-0.3, -0.25) is 0 Å². The van der Waals surface area contributed by atoms with Crippen LogP contribution in [0.4, 0.5) is 16.2 Å². The first-order valence-electron chi connectivity index (χ1n) is 13.9. The lowest BCUT2D eigenvalue weighted by molar-refractivity contribution is -0.0309. The van der Waals surface area contributed by atoms with Crippen molar-refractivity contribution in [2.45, 2.75) is 58.5 Å². The lowest BCUT2D eigenvalue weighted by atomic mass is 9.81. The molecule has 0 aromatic heterocycles. The van der Waals surface area contributed by atoms with Crippen LogP contribution in [0.2, 0.25) is 0 Å². The molecule has 0 atom stereocenters. The van der Waals surface area contributed by atoms with Crippen molar-refractivity contribution in [1.82, 2.24) is 9.80 Å².